The lowest BCUT2D eigenvalue weighted by Crippen LogP contribution is -2.29. The quantitative estimate of drug-likeness (QED) is 0.629. The van der Waals surface area contributed by atoms with Gasteiger partial charge in [-0.3, -0.25) is 0 Å². The second kappa shape index (κ2) is 5.82. The van der Waals surface area contributed by atoms with Crippen LogP contribution >= 0.6 is 0 Å². The van der Waals surface area contributed by atoms with Crippen molar-refractivity contribution in [3.8, 4) is 0 Å². The normalized spacial score (nSPS) is 26.9. The van der Waals surface area contributed by atoms with E-state index in [0.717, 1.165) is 36.8 Å². The summed E-state index contributed by atoms with van der Waals surface area (Å²) in [6.45, 7) is 0. The number of benzene rings is 2. The van der Waals surface area contributed by atoms with Gasteiger partial charge in [0.25, 0.3) is 0 Å². The molecule has 118 valence electrons. The van der Waals surface area contributed by atoms with Gasteiger partial charge >= 0.3 is 5.97 Å². The van der Waals surface area contributed by atoms with Gasteiger partial charge in [0.2, 0.25) is 5.60 Å². The average Bonchev–Trinajstić information content (AvgIpc) is 3.18. The molecule has 4 rings (SSSR count). The van der Waals surface area contributed by atoms with Crippen LogP contribution in [0.2, 0.25) is 0 Å². The molecule has 1 aliphatic carbocycles. The molecule has 2 aliphatic rings. The average molecular weight is 308 g/mol. The maximum Gasteiger partial charge on any atom is 0.346 e. The highest BCUT2D eigenvalue weighted by atomic mass is 16.7. The molecule has 1 saturated heterocycles. The Hall–Kier alpha value is -2.13. The van der Waals surface area contributed by atoms with Crippen LogP contribution < -0.4 is 0 Å². The molecule has 1 heterocycles. The molecule has 0 spiro atoms. The van der Waals surface area contributed by atoms with Gasteiger partial charge in [-0.2, -0.15) is 0 Å². The van der Waals surface area contributed by atoms with E-state index in [1.54, 1.807) is 0 Å². The summed E-state index contributed by atoms with van der Waals surface area (Å²) in [5.41, 5.74) is 0.905. The van der Waals surface area contributed by atoms with E-state index in [1.165, 1.54) is 0 Å². The summed E-state index contributed by atoms with van der Waals surface area (Å²) in [5.74, 6) is -0.246. The zero-order chi connectivity index (χ0) is 15.7. The standard InChI is InChI=1S/C20H20O3/c21-19(22-17-13-7-8-14-17)20(16-11-5-2-6-12-16)18(23-20)15-9-3-1-4-10-15/h1-6,9-12,17-18H,7-8,13-14H2. The molecule has 2 aromatic rings. The molecule has 2 fully saturated rings. The Balaban J connectivity index is 1.64. The van der Waals surface area contributed by atoms with Crippen molar-refractivity contribution in [3.05, 3.63) is 71.8 Å². The summed E-state index contributed by atoms with van der Waals surface area (Å²) in [5, 5.41) is 0. The van der Waals surface area contributed by atoms with Gasteiger partial charge in [0.15, 0.2) is 0 Å². The third-order valence-corrected chi connectivity index (χ3v) is 4.80. The molecule has 1 aliphatic heterocycles. The molecule has 0 aromatic heterocycles. The minimum atomic E-state index is -0.981. The molecule has 3 heteroatoms. The fraction of sp³-hybridized carbons (Fsp3) is 0.350. The van der Waals surface area contributed by atoms with Crippen LogP contribution in [0.25, 0.3) is 0 Å². The zero-order valence-electron chi connectivity index (χ0n) is 13.0. The van der Waals surface area contributed by atoms with Crippen molar-refractivity contribution in [1.29, 1.82) is 0 Å². The molecule has 23 heavy (non-hydrogen) atoms. The first-order chi connectivity index (χ1) is 11.3. The summed E-state index contributed by atoms with van der Waals surface area (Å²) >= 11 is 0. The van der Waals surface area contributed by atoms with Gasteiger partial charge in [0.05, 0.1) is 0 Å². The molecule has 0 radical (unpaired) electrons. The molecule has 0 N–H and O–H groups in total. The predicted molar refractivity (Wildman–Crippen MR) is 86.7 cm³/mol. The van der Waals surface area contributed by atoms with Crippen LogP contribution in [0.3, 0.4) is 0 Å². The minimum Gasteiger partial charge on any atom is -0.460 e. The zero-order valence-corrected chi connectivity index (χ0v) is 13.0. The van der Waals surface area contributed by atoms with Gasteiger partial charge in [-0.05, 0) is 36.8 Å². The van der Waals surface area contributed by atoms with Gasteiger partial charge in [0, 0.05) is 0 Å². The van der Waals surface area contributed by atoms with Gasteiger partial charge in [-0.25, -0.2) is 4.79 Å². The number of rotatable bonds is 4. The monoisotopic (exact) mass is 308 g/mol. The van der Waals surface area contributed by atoms with E-state index >= 15 is 0 Å². The first-order valence-electron chi connectivity index (χ1n) is 8.30. The lowest BCUT2D eigenvalue weighted by atomic mass is 9.91. The molecule has 2 atom stereocenters. The highest BCUT2D eigenvalue weighted by Gasteiger charge is 2.66. The van der Waals surface area contributed by atoms with Crippen LogP contribution in [-0.4, -0.2) is 12.1 Å². The number of hydrogen-bond donors (Lipinski definition) is 0. The van der Waals surface area contributed by atoms with Crippen molar-refractivity contribution in [2.75, 3.05) is 0 Å². The van der Waals surface area contributed by atoms with Crippen LogP contribution in [0.4, 0.5) is 0 Å². The topological polar surface area (TPSA) is 38.8 Å². The molecular weight excluding hydrogens is 288 g/mol. The SMILES string of the molecule is O=C(OC1CCCC1)C1(c2ccccc2)OC1c1ccccc1. The fourth-order valence-electron chi connectivity index (χ4n) is 3.51. The summed E-state index contributed by atoms with van der Waals surface area (Å²) in [7, 11) is 0. The van der Waals surface area contributed by atoms with E-state index in [0.29, 0.717) is 0 Å². The number of epoxide rings is 1. The van der Waals surface area contributed by atoms with Gasteiger partial charge in [-0.15, -0.1) is 0 Å². The summed E-state index contributed by atoms with van der Waals surface area (Å²) in [6, 6.07) is 19.6. The van der Waals surface area contributed by atoms with Crippen molar-refractivity contribution in [1.82, 2.24) is 0 Å². The lowest BCUT2D eigenvalue weighted by Gasteiger charge is -2.17. The van der Waals surface area contributed by atoms with Crippen LogP contribution in [0.15, 0.2) is 60.7 Å². The molecular formula is C20H20O3. The van der Waals surface area contributed by atoms with E-state index in [1.807, 2.05) is 60.7 Å². The van der Waals surface area contributed by atoms with E-state index in [2.05, 4.69) is 0 Å². The van der Waals surface area contributed by atoms with Gasteiger partial charge in [-0.1, -0.05) is 60.7 Å². The van der Waals surface area contributed by atoms with E-state index in [9.17, 15) is 4.79 Å². The van der Waals surface area contributed by atoms with Crippen LogP contribution in [0.1, 0.15) is 42.9 Å². The summed E-state index contributed by atoms with van der Waals surface area (Å²) in [4.78, 5) is 12.9. The Morgan fingerprint density at radius 3 is 2.22 bits per heavy atom. The number of hydrogen-bond acceptors (Lipinski definition) is 3. The second-order valence-corrected chi connectivity index (χ2v) is 6.32. The molecule has 3 nitrogen and oxygen atoms in total. The lowest BCUT2D eigenvalue weighted by molar-refractivity contribution is -0.155. The Kier molecular flexibility index (Phi) is 3.66. The maximum absolute atomic E-state index is 12.9. The van der Waals surface area contributed by atoms with Crippen molar-refractivity contribution in [2.24, 2.45) is 0 Å². The smallest absolute Gasteiger partial charge is 0.346 e. The summed E-state index contributed by atoms with van der Waals surface area (Å²) in [6.07, 6.45) is 3.99. The van der Waals surface area contributed by atoms with Crippen molar-refractivity contribution >= 4 is 5.97 Å². The first-order valence-corrected chi connectivity index (χ1v) is 8.30. The van der Waals surface area contributed by atoms with E-state index in [-0.39, 0.29) is 18.2 Å². The van der Waals surface area contributed by atoms with Crippen LogP contribution in [0.5, 0.6) is 0 Å². The number of carbonyl (C=O) groups excluding carboxylic acids is 1. The molecule has 0 amide bonds. The second-order valence-electron chi connectivity index (χ2n) is 6.32. The van der Waals surface area contributed by atoms with Gasteiger partial charge in [0.1, 0.15) is 12.2 Å². The number of ether oxygens (including phenoxy) is 2. The fourth-order valence-corrected chi connectivity index (χ4v) is 3.51. The van der Waals surface area contributed by atoms with E-state index < -0.39 is 5.60 Å². The Morgan fingerprint density at radius 1 is 0.957 bits per heavy atom. The van der Waals surface area contributed by atoms with Crippen molar-refractivity contribution in [2.45, 2.75) is 43.5 Å². The Labute approximate surface area is 136 Å². The Bertz CT molecular complexity index is 677. The highest BCUT2D eigenvalue weighted by molar-refractivity contribution is 5.85. The van der Waals surface area contributed by atoms with Crippen molar-refractivity contribution in [3.63, 3.8) is 0 Å². The first kappa shape index (κ1) is 14.5. The van der Waals surface area contributed by atoms with E-state index in [4.69, 9.17) is 9.47 Å². The number of esters is 1. The summed E-state index contributed by atoms with van der Waals surface area (Å²) < 4.78 is 11.8. The molecule has 0 bridgehead atoms. The van der Waals surface area contributed by atoms with Crippen molar-refractivity contribution < 1.29 is 14.3 Å². The van der Waals surface area contributed by atoms with Crippen LogP contribution in [0, 0.1) is 0 Å². The third-order valence-electron chi connectivity index (χ3n) is 4.80. The van der Waals surface area contributed by atoms with Gasteiger partial charge < -0.3 is 9.47 Å². The minimum absolute atomic E-state index is 0.0451. The maximum atomic E-state index is 12.9. The highest BCUT2D eigenvalue weighted by Crippen LogP contribution is 2.58. The predicted octanol–water partition coefficient (Wildman–Crippen LogP) is 4.14. The Morgan fingerprint density at radius 2 is 1.57 bits per heavy atom. The largest absolute Gasteiger partial charge is 0.460 e. The molecule has 2 aromatic carbocycles. The molecule has 1 saturated carbocycles. The van der Waals surface area contributed by atoms with Crippen LogP contribution in [-0.2, 0) is 19.9 Å². The third kappa shape index (κ3) is 2.55. The number of carbonyl (C=O) groups is 1. The molecule has 2 unspecified atom stereocenters.